The first kappa shape index (κ1) is 8.92. The summed E-state index contributed by atoms with van der Waals surface area (Å²) in [6.07, 6.45) is 3.23. The Bertz CT molecular complexity index is 332. The van der Waals surface area contributed by atoms with E-state index in [1.54, 1.807) is 12.3 Å². The Kier molecular flexibility index (Phi) is 2.30. The van der Waals surface area contributed by atoms with E-state index in [9.17, 15) is 0 Å². The van der Waals surface area contributed by atoms with Crippen LogP contribution in [0, 0.1) is 0 Å². The molecule has 1 aliphatic heterocycles. The Morgan fingerprint density at radius 2 is 2.43 bits per heavy atom. The fourth-order valence-corrected chi connectivity index (χ4v) is 1.11. The van der Waals surface area contributed by atoms with Crippen molar-refractivity contribution in [3.63, 3.8) is 0 Å². The number of hydrogen-bond acceptors (Lipinski definition) is 5. The van der Waals surface area contributed by atoms with Crippen LogP contribution in [0.4, 0.5) is 5.82 Å². The summed E-state index contributed by atoms with van der Waals surface area (Å²) in [6.45, 7) is 0.775. The lowest BCUT2D eigenvalue weighted by atomic mass is 10.2. The van der Waals surface area contributed by atoms with E-state index in [1.807, 2.05) is 6.07 Å². The first-order chi connectivity index (χ1) is 6.81. The Morgan fingerprint density at radius 1 is 1.64 bits per heavy atom. The zero-order valence-corrected chi connectivity index (χ0v) is 7.50. The minimum Gasteiger partial charge on any atom is -0.368 e. The number of hydrogen-bond donors (Lipinski definition) is 2. The van der Waals surface area contributed by atoms with Crippen molar-refractivity contribution in [2.24, 2.45) is 16.8 Å². The monoisotopic (exact) mass is 193 g/mol. The first-order valence-electron chi connectivity index (χ1n) is 4.16. The van der Waals surface area contributed by atoms with Gasteiger partial charge in [0, 0.05) is 11.8 Å². The van der Waals surface area contributed by atoms with Gasteiger partial charge in [-0.15, -0.1) is 0 Å². The molecule has 0 saturated carbocycles. The lowest BCUT2D eigenvalue weighted by Gasteiger charge is -2.10. The second-order valence-electron chi connectivity index (χ2n) is 2.94. The third-order valence-corrected chi connectivity index (χ3v) is 1.93. The minimum absolute atomic E-state index is 0.214. The molecule has 0 spiro atoms. The Balaban J connectivity index is 2.12. The smallest absolute Gasteiger partial charge is 0.148 e. The molecule has 2 heterocycles. The van der Waals surface area contributed by atoms with Gasteiger partial charge in [0.05, 0.1) is 6.61 Å². The molecule has 6 nitrogen and oxygen atoms in total. The Hall–Kier alpha value is -1.66. The molecule has 1 aliphatic rings. The van der Waals surface area contributed by atoms with Gasteiger partial charge in [0.25, 0.3) is 0 Å². The van der Waals surface area contributed by atoms with E-state index in [4.69, 9.17) is 16.4 Å². The fourth-order valence-electron chi connectivity index (χ4n) is 1.11. The highest BCUT2D eigenvalue weighted by Gasteiger charge is 2.24. The molecule has 0 radical (unpaired) electrons. The third kappa shape index (κ3) is 1.81. The van der Waals surface area contributed by atoms with E-state index in [0.29, 0.717) is 5.82 Å². The molecular weight excluding hydrogens is 182 g/mol. The zero-order valence-electron chi connectivity index (χ0n) is 7.50. The SMILES string of the molecule is N/N=C\N(N)c1ccc([C@@H]2CO2)cn1. The zero-order chi connectivity index (χ0) is 9.97. The number of ether oxygens (including phenoxy) is 1. The van der Waals surface area contributed by atoms with E-state index in [0.717, 1.165) is 12.2 Å². The van der Waals surface area contributed by atoms with Gasteiger partial charge in [-0.05, 0) is 6.07 Å². The molecule has 1 aromatic heterocycles. The van der Waals surface area contributed by atoms with Crippen LogP contribution < -0.4 is 16.7 Å². The molecule has 0 aliphatic carbocycles. The molecule has 4 N–H and O–H groups in total. The molecule has 14 heavy (non-hydrogen) atoms. The van der Waals surface area contributed by atoms with Crippen LogP contribution in [0.15, 0.2) is 23.4 Å². The lowest BCUT2D eigenvalue weighted by molar-refractivity contribution is 0.415. The molecule has 2 rings (SSSR count). The highest BCUT2D eigenvalue weighted by atomic mass is 16.6. The van der Waals surface area contributed by atoms with Gasteiger partial charge in [-0.3, -0.25) is 0 Å². The van der Waals surface area contributed by atoms with E-state index in [2.05, 4.69) is 10.1 Å². The van der Waals surface area contributed by atoms with Crippen molar-refractivity contribution in [1.82, 2.24) is 4.98 Å². The summed E-state index contributed by atoms with van der Waals surface area (Å²) in [7, 11) is 0. The highest BCUT2D eigenvalue weighted by Crippen LogP contribution is 2.29. The second-order valence-corrected chi connectivity index (χ2v) is 2.94. The quantitative estimate of drug-likeness (QED) is 0.227. The Labute approximate surface area is 81.1 Å². The van der Waals surface area contributed by atoms with Crippen molar-refractivity contribution < 1.29 is 4.74 Å². The predicted molar refractivity (Wildman–Crippen MR) is 52.3 cm³/mol. The molecule has 1 fully saturated rings. The summed E-state index contributed by atoms with van der Waals surface area (Å²) in [6, 6.07) is 3.71. The van der Waals surface area contributed by atoms with Gasteiger partial charge >= 0.3 is 0 Å². The third-order valence-electron chi connectivity index (χ3n) is 1.93. The van der Waals surface area contributed by atoms with Crippen LogP contribution >= 0.6 is 0 Å². The standard InChI is InChI=1S/C8H11N5O/c9-12-5-13(10)8-2-1-6(3-11-8)7-4-14-7/h1-3,5,7H,4,9-10H2/b12-5-/t7-/m0/s1. The summed E-state index contributed by atoms with van der Waals surface area (Å²) in [5, 5.41) is 4.54. The summed E-state index contributed by atoms with van der Waals surface area (Å²) < 4.78 is 5.11. The summed E-state index contributed by atoms with van der Waals surface area (Å²) in [4.78, 5) is 4.13. The summed E-state index contributed by atoms with van der Waals surface area (Å²) in [5.74, 6) is 11.1. The van der Waals surface area contributed by atoms with Crippen LogP contribution in [0.25, 0.3) is 0 Å². The van der Waals surface area contributed by atoms with Crippen molar-refractivity contribution >= 4 is 12.2 Å². The largest absolute Gasteiger partial charge is 0.368 e. The molecule has 6 heteroatoms. The minimum atomic E-state index is 0.214. The van der Waals surface area contributed by atoms with Crippen molar-refractivity contribution in [3.8, 4) is 0 Å². The van der Waals surface area contributed by atoms with Crippen LogP contribution in [0.3, 0.4) is 0 Å². The normalized spacial score (nSPS) is 19.9. The molecular formula is C8H11N5O. The van der Waals surface area contributed by atoms with E-state index in [-0.39, 0.29) is 6.10 Å². The summed E-state index contributed by atoms with van der Waals surface area (Å²) >= 11 is 0. The van der Waals surface area contributed by atoms with Gasteiger partial charge in [-0.1, -0.05) is 6.07 Å². The first-order valence-corrected chi connectivity index (χ1v) is 4.16. The number of rotatable bonds is 3. The van der Waals surface area contributed by atoms with Crippen molar-refractivity contribution in [2.45, 2.75) is 6.10 Å². The molecule has 0 aromatic carbocycles. The van der Waals surface area contributed by atoms with E-state index >= 15 is 0 Å². The number of anilines is 1. The van der Waals surface area contributed by atoms with Gasteiger partial charge in [-0.25, -0.2) is 15.8 Å². The number of hydrazone groups is 1. The van der Waals surface area contributed by atoms with E-state index in [1.165, 1.54) is 11.3 Å². The van der Waals surface area contributed by atoms with Crippen molar-refractivity contribution in [2.75, 3.05) is 11.6 Å². The fraction of sp³-hybridized carbons (Fsp3) is 0.250. The van der Waals surface area contributed by atoms with Crippen LogP contribution in [-0.2, 0) is 4.74 Å². The Morgan fingerprint density at radius 3 is 2.93 bits per heavy atom. The highest BCUT2D eigenvalue weighted by molar-refractivity contribution is 5.75. The van der Waals surface area contributed by atoms with Gasteiger partial charge in [0.15, 0.2) is 0 Å². The van der Waals surface area contributed by atoms with Crippen LogP contribution in [-0.4, -0.2) is 17.9 Å². The summed E-state index contributed by atoms with van der Waals surface area (Å²) in [5.41, 5.74) is 1.06. The number of epoxide rings is 1. The molecule has 0 amide bonds. The maximum atomic E-state index is 5.56. The average Bonchev–Trinajstić information content (AvgIpc) is 3.02. The molecule has 0 bridgehead atoms. The van der Waals surface area contributed by atoms with Gasteiger partial charge in [-0.2, -0.15) is 5.10 Å². The van der Waals surface area contributed by atoms with Crippen LogP contribution in [0.2, 0.25) is 0 Å². The number of pyridine rings is 1. The lowest BCUT2D eigenvalue weighted by Crippen LogP contribution is -2.30. The number of nitrogens with two attached hydrogens (primary N) is 2. The van der Waals surface area contributed by atoms with Gasteiger partial charge < -0.3 is 10.6 Å². The van der Waals surface area contributed by atoms with Gasteiger partial charge in [0.2, 0.25) is 0 Å². The van der Waals surface area contributed by atoms with Crippen LogP contribution in [0.5, 0.6) is 0 Å². The topological polar surface area (TPSA) is 93.1 Å². The molecule has 1 atom stereocenters. The second kappa shape index (κ2) is 3.60. The number of aromatic nitrogens is 1. The van der Waals surface area contributed by atoms with Crippen LogP contribution in [0.1, 0.15) is 11.7 Å². The number of hydrazine groups is 1. The van der Waals surface area contributed by atoms with Crippen molar-refractivity contribution in [1.29, 1.82) is 0 Å². The van der Waals surface area contributed by atoms with Gasteiger partial charge in [0.1, 0.15) is 18.3 Å². The average molecular weight is 193 g/mol. The molecule has 74 valence electrons. The number of nitrogens with zero attached hydrogens (tertiary/aromatic N) is 3. The van der Waals surface area contributed by atoms with E-state index < -0.39 is 0 Å². The van der Waals surface area contributed by atoms with Crippen molar-refractivity contribution in [3.05, 3.63) is 23.9 Å². The molecule has 1 aromatic rings. The predicted octanol–water partition coefficient (Wildman–Crippen LogP) is -0.265. The molecule has 1 saturated heterocycles. The maximum Gasteiger partial charge on any atom is 0.148 e. The molecule has 0 unspecified atom stereocenters. The maximum absolute atomic E-state index is 5.56.